The van der Waals surface area contributed by atoms with E-state index in [2.05, 4.69) is 16.7 Å². The van der Waals surface area contributed by atoms with E-state index in [-0.39, 0.29) is 19.1 Å². The van der Waals surface area contributed by atoms with Crippen LogP contribution in [0.4, 0.5) is 4.79 Å². The summed E-state index contributed by atoms with van der Waals surface area (Å²) in [5.74, 6) is -2.34. The van der Waals surface area contributed by atoms with Crippen LogP contribution in [0.15, 0.2) is 48.5 Å². The molecule has 0 heterocycles. The molecule has 8 nitrogen and oxygen atoms in total. The summed E-state index contributed by atoms with van der Waals surface area (Å²) < 4.78 is 5.54. The maximum Gasteiger partial charge on any atom is 0.407 e. The van der Waals surface area contributed by atoms with Crippen LogP contribution in [0, 0.1) is 17.2 Å². The Morgan fingerprint density at radius 2 is 1.68 bits per heavy atom. The van der Waals surface area contributed by atoms with Crippen molar-refractivity contribution in [1.29, 1.82) is 5.26 Å². The lowest BCUT2D eigenvalue weighted by Gasteiger charge is -2.20. The van der Waals surface area contributed by atoms with Crippen LogP contribution >= 0.6 is 0 Å². The number of nitrogens with zero attached hydrogens (tertiary/aromatic N) is 1. The van der Waals surface area contributed by atoms with Crippen LogP contribution in [-0.2, 0) is 14.3 Å². The molecule has 0 bridgehead atoms. The van der Waals surface area contributed by atoms with Gasteiger partial charge in [0, 0.05) is 18.9 Å². The predicted molar refractivity (Wildman–Crippen MR) is 126 cm³/mol. The zero-order valence-corrected chi connectivity index (χ0v) is 19.1. The van der Waals surface area contributed by atoms with Crippen molar-refractivity contribution >= 4 is 18.0 Å². The van der Waals surface area contributed by atoms with E-state index >= 15 is 0 Å². The van der Waals surface area contributed by atoms with Gasteiger partial charge in [-0.25, -0.2) is 4.79 Å². The van der Waals surface area contributed by atoms with Crippen molar-refractivity contribution in [2.45, 2.75) is 44.6 Å². The number of carboxylic acids is 1. The van der Waals surface area contributed by atoms with Crippen LogP contribution in [0.5, 0.6) is 0 Å². The maximum atomic E-state index is 12.6. The molecule has 0 saturated carbocycles. The number of unbranched alkanes of at least 4 members (excludes halogenated alkanes) is 2. The summed E-state index contributed by atoms with van der Waals surface area (Å²) in [5, 5.41) is 22.9. The molecule has 1 aliphatic carbocycles. The van der Waals surface area contributed by atoms with Gasteiger partial charge in [0.1, 0.15) is 12.6 Å². The number of hydrogen-bond acceptors (Lipinski definition) is 5. The summed E-state index contributed by atoms with van der Waals surface area (Å²) in [6.07, 6.45) is 1.12. The highest BCUT2D eigenvalue weighted by Crippen LogP contribution is 2.44. The van der Waals surface area contributed by atoms with Gasteiger partial charge >= 0.3 is 12.1 Å². The fourth-order valence-corrected chi connectivity index (χ4v) is 4.07. The first-order chi connectivity index (χ1) is 16.4. The third-order valence-electron chi connectivity index (χ3n) is 5.99. The van der Waals surface area contributed by atoms with E-state index in [1.807, 2.05) is 48.5 Å². The van der Waals surface area contributed by atoms with Crippen LogP contribution < -0.4 is 10.6 Å². The number of aliphatic carboxylic acids is 1. The average molecular weight is 464 g/mol. The second-order valence-electron chi connectivity index (χ2n) is 8.41. The standard InChI is InChI=1S/C26H29N3O5/c1-17(25(31)32)15-28-24(30)23(13-3-2-8-14-27)29-26(33)34-16-22-20-11-6-4-9-18(20)19-10-5-7-12-21(19)22/h4-7,9-12,17,22-23H,2-3,8,13,15-16H2,1H3,(H,28,30)(H,29,33)(H,31,32). The number of ether oxygens (including phenoxy) is 1. The van der Waals surface area contributed by atoms with Crippen molar-refractivity contribution in [3.63, 3.8) is 0 Å². The third-order valence-corrected chi connectivity index (χ3v) is 5.99. The minimum absolute atomic E-state index is 0.0464. The summed E-state index contributed by atoms with van der Waals surface area (Å²) in [7, 11) is 0. The van der Waals surface area contributed by atoms with Crippen molar-refractivity contribution in [2.24, 2.45) is 5.92 Å². The summed E-state index contributed by atoms with van der Waals surface area (Å²) >= 11 is 0. The lowest BCUT2D eigenvalue weighted by atomic mass is 9.98. The molecule has 2 unspecified atom stereocenters. The molecule has 0 spiro atoms. The Labute approximate surface area is 198 Å². The van der Waals surface area contributed by atoms with E-state index in [4.69, 9.17) is 15.1 Å². The van der Waals surface area contributed by atoms with E-state index in [0.29, 0.717) is 25.7 Å². The van der Waals surface area contributed by atoms with E-state index < -0.39 is 29.9 Å². The molecule has 0 radical (unpaired) electrons. The van der Waals surface area contributed by atoms with Crippen molar-refractivity contribution < 1.29 is 24.2 Å². The number of carboxylic acid groups (broad SMARTS) is 1. The van der Waals surface area contributed by atoms with Crippen LogP contribution in [-0.4, -0.2) is 42.3 Å². The SMILES string of the molecule is CC(CNC(=O)C(CCCCC#N)NC(=O)OCC1c2ccccc2-c2ccccc21)C(=O)O. The lowest BCUT2D eigenvalue weighted by Crippen LogP contribution is -2.48. The van der Waals surface area contributed by atoms with E-state index in [9.17, 15) is 14.4 Å². The van der Waals surface area contributed by atoms with Crippen molar-refractivity contribution in [3.05, 3.63) is 59.7 Å². The number of nitriles is 1. The first-order valence-electron chi connectivity index (χ1n) is 11.4. The number of fused-ring (bicyclic) bond motifs is 3. The lowest BCUT2D eigenvalue weighted by molar-refractivity contribution is -0.141. The molecule has 3 N–H and O–H groups in total. The Morgan fingerprint density at radius 3 is 2.26 bits per heavy atom. The maximum absolute atomic E-state index is 12.6. The van der Waals surface area contributed by atoms with E-state index in [1.165, 1.54) is 6.92 Å². The summed E-state index contributed by atoms with van der Waals surface area (Å²) in [5.41, 5.74) is 4.42. The van der Waals surface area contributed by atoms with Crippen molar-refractivity contribution in [3.8, 4) is 17.2 Å². The number of nitrogens with one attached hydrogen (secondary N) is 2. The Bertz CT molecular complexity index is 1030. The van der Waals surface area contributed by atoms with Gasteiger partial charge in [-0.2, -0.15) is 5.26 Å². The molecule has 1 aliphatic rings. The average Bonchev–Trinajstić information content (AvgIpc) is 3.16. The van der Waals surface area contributed by atoms with Gasteiger partial charge in [0.2, 0.25) is 5.91 Å². The van der Waals surface area contributed by atoms with Crippen LogP contribution in [0.1, 0.15) is 49.7 Å². The quantitative estimate of drug-likeness (QED) is 0.435. The first kappa shape index (κ1) is 24.8. The number of carbonyl (C=O) groups is 3. The van der Waals surface area contributed by atoms with Gasteiger partial charge < -0.3 is 20.5 Å². The second-order valence-corrected chi connectivity index (χ2v) is 8.41. The van der Waals surface area contributed by atoms with E-state index in [1.54, 1.807) is 0 Å². The first-order valence-corrected chi connectivity index (χ1v) is 11.4. The van der Waals surface area contributed by atoms with Crippen molar-refractivity contribution in [1.82, 2.24) is 10.6 Å². The number of amides is 2. The van der Waals surface area contributed by atoms with Crippen LogP contribution in [0.3, 0.4) is 0 Å². The Hall–Kier alpha value is -3.86. The molecule has 8 heteroatoms. The Kier molecular flexibility index (Phi) is 8.63. The highest BCUT2D eigenvalue weighted by Gasteiger charge is 2.30. The topological polar surface area (TPSA) is 129 Å². The van der Waals surface area contributed by atoms with Gasteiger partial charge in [-0.05, 0) is 41.5 Å². The molecule has 2 aromatic carbocycles. The van der Waals surface area contributed by atoms with Gasteiger partial charge in [-0.1, -0.05) is 55.5 Å². The van der Waals surface area contributed by atoms with Gasteiger partial charge in [0.15, 0.2) is 0 Å². The molecule has 0 saturated heterocycles. The van der Waals surface area contributed by atoms with Gasteiger partial charge in [-0.3, -0.25) is 9.59 Å². The van der Waals surface area contributed by atoms with Crippen LogP contribution in [0.2, 0.25) is 0 Å². The number of carbonyl (C=O) groups excluding carboxylic acids is 2. The second kappa shape index (κ2) is 11.8. The molecular formula is C26H29N3O5. The molecular weight excluding hydrogens is 434 g/mol. The third kappa shape index (κ3) is 6.13. The minimum Gasteiger partial charge on any atom is -0.481 e. The number of hydrogen-bond donors (Lipinski definition) is 3. The zero-order valence-electron chi connectivity index (χ0n) is 19.1. The molecule has 0 aliphatic heterocycles. The minimum atomic E-state index is -1.02. The molecule has 0 aromatic heterocycles. The normalized spacial score (nSPS) is 13.6. The number of rotatable bonds is 11. The molecule has 0 fully saturated rings. The molecule has 2 amide bonds. The summed E-state index contributed by atoms with van der Waals surface area (Å²) in [6.45, 7) is 1.57. The Balaban J connectivity index is 1.62. The Morgan fingerprint density at radius 1 is 1.06 bits per heavy atom. The summed E-state index contributed by atoms with van der Waals surface area (Å²) in [6, 6.07) is 17.2. The zero-order chi connectivity index (χ0) is 24.5. The van der Waals surface area contributed by atoms with E-state index in [0.717, 1.165) is 22.3 Å². The highest BCUT2D eigenvalue weighted by molar-refractivity contribution is 5.86. The van der Waals surface area contributed by atoms with Gasteiger partial charge in [0.05, 0.1) is 12.0 Å². The van der Waals surface area contributed by atoms with Gasteiger partial charge in [0.25, 0.3) is 0 Å². The largest absolute Gasteiger partial charge is 0.481 e. The molecule has 2 atom stereocenters. The fraction of sp³-hybridized carbons (Fsp3) is 0.385. The monoisotopic (exact) mass is 463 g/mol. The van der Waals surface area contributed by atoms with Crippen molar-refractivity contribution in [2.75, 3.05) is 13.2 Å². The van der Waals surface area contributed by atoms with Gasteiger partial charge in [-0.15, -0.1) is 0 Å². The molecule has 2 aromatic rings. The molecule has 34 heavy (non-hydrogen) atoms. The smallest absolute Gasteiger partial charge is 0.407 e. The number of alkyl carbamates (subject to hydrolysis) is 1. The highest BCUT2D eigenvalue weighted by atomic mass is 16.5. The summed E-state index contributed by atoms with van der Waals surface area (Å²) in [4.78, 5) is 36.3. The molecule has 178 valence electrons. The predicted octanol–water partition coefficient (Wildman–Crippen LogP) is 3.81. The fourth-order valence-electron chi connectivity index (χ4n) is 4.07. The molecule has 3 rings (SSSR count). The number of benzene rings is 2. The van der Waals surface area contributed by atoms with Crippen LogP contribution in [0.25, 0.3) is 11.1 Å².